The number of aryl methyl sites for hydroxylation is 1. The number of nitrogens with zero attached hydrogens (tertiary/aromatic N) is 3. The Balaban J connectivity index is 1.88. The molecule has 0 saturated carbocycles. The predicted octanol–water partition coefficient (Wildman–Crippen LogP) is 5.61. The van der Waals surface area contributed by atoms with Gasteiger partial charge in [0.25, 0.3) is 5.91 Å². The fourth-order valence-corrected chi connectivity index (χ4v) is 3.81. The molecule has 0 fully saturated rings. The molecule has 3 aromatic rings. The van der Waals surface area contributed by atoms with Crippen LogP contribution in [0.25, 0.3) is 5.69 Å². The van der Waals surface area contributed by atoms with Crippen molar-refractivity contribution in [1.82, 2.24) is 14.7 Å². The Hall–Kier alpha value is -3.66. The zero-order valence-electron chi connectivity index (χ0n) is 22.2. The van der Waals surface area contributed by atoms with Gasteiger partial charge in [-0.2, -0.15) is 18.3 Å². The number of anilines is 1. The molecule has 0 aliphatic carbocycles. The molecule has 204 valence electrons. The number of aromatic nitrogens is 2. The highest BCUT2D eigenvalue weighted by Gasteiger charge is 2.31. The molecule has 1 N–H and O–H groups in total. The topological polar surface area (TPSA) is 76.5 Å². The maximum atomic E-state index is 13.2. The summed E-state index contributed by atoms with van der Waals surface area (Å²) in [7, 11) is 1.50. The average Bonchev–Trinajstić information content (AvgIpc) is 3.27. The quantitative estimate of drug-likeness (QED) is 0.365. The molecule has 0 spiro atoms. The van der Waals surface area contributed by atoms with E-state index >= 15 is 0 Å². The van der Waals surface area contributed by atoms with E-state index in [0.29, 0.717) is 18.8 Å². The second kappa shape index (κ2) is 11.8. The van der Waals surface area contributed by atoms with Crippen LogP contribution in [0.2, 0.25) is 0 Å². The molecular formula is C28H33F3N4O3. The second-order valence-corrected chi connectivity index (χ2v) is 10.1. The number of rotatable bonds is 9. The van der Waals surface area contributed by atoms with Gasteiger partial charge in [-0.1, -0.05) is 39.0 Å². The fourth-order valence-electron chi connectivity index (χ4n) is 3.81. The maximum Gasteiger partial charge on any atom is 0.416 e. The first kappa shape index (κ1) is 28.9. The molecule has 2 aromatic carbocycles. The first-order valence-corrected chi connectivity index (χ1v) is 12.2. The van der Waals surface area contributed by atoms with Crippen molar-refractivity contribution < 1.29 is 27.5 Å². The van der Waals surface area contributed by atoms with E-state index in [1.54, 1.807) is 10.7 Å². The first-order valence-electron chi connectivity index (χ1n) is 12.2. The van der Waals surface area contributed by atoms with Crippen LogP contribution in [0, 0.1) is 6.92 Å². The minimum absolute atomic E-state index is 0.126. The molecule has 0 radical (unpaired) electrons. The van der Waals surface area contributed by atoms with E-state index in [-0.39, 0.29) is 24.1 Å². The Morgan fingerprint density at radius 2 is 1.76 bits per heavy atom. The Morgan fingerprint density at radius 1 is 1.05 bits per heavy atom. The van der Waals surface area contributed by atoms with E-state index in [2.05, 4.69) is 5.32 Å². The Labute approximate surface area is 220 Å². The van der Waals surface area contributed by atoms with E-state index in [0.717, 1.165) is 29.1 Å². The zero-order valence-corrected chi connectivity index (χ0v) is 22.2. The minimum atomic E-state index is -4.59. The number of amides is 2. The van der Waals surface area contributed by atoms with Gasteiger partial charge in [0, 0.05) is 37.3 Å². The van der Waals surface area contributed by atoms with E-state index in [4.69, 9.17) is 9.84 Å². The third-order valence-corrected chi connectivity index (χ3v) is 5.83. The van der Waals surface area contributed by atoms with Crippen LogP contribution < -0.4 is 5.32 Å². The number of carbonyl (C=O) groups excluding carboxylic acids is 2. The molecule has 1 aromatic heterocycles. The number of methoxy groups -OCH3 is 1. The molecule has 10 heteroatoms. The monoisotopic (exact) mass is 530 g/mol. The zero-order chi connectivity index (χ0) is 28.1. The van der Waals surface area contributed by atoms with Crippen LogP contribution >= 0.6 is 0 Å². The Morgan fingerprint density at radius 3 is 2.39 bits per heavy atom. The number of hydrogen-bond donors (Lipinski definition) is 1. The standard InChI is InChI=1S/C28H33F3N4O3/c1-19-9-6-12-22(15-19)35-24(17-23(33-35)27(2,3)4)32-25(36)18-34(13-8-14-38-5)26(37)20-10-7-11-21(16-20)28(29,30)31/h6-7,9-12,15-17H,8,13-14,18H2,1-5H3,(H,32,36). The van der Waals surface area contributed by atoms with Crippen LogP contribution in [-0.4, -0.2) is 53.3 Å². The van der Waals surface area contributed by atoms with E-state index in [9.17, 15) is 22.8 Å². The molecular weight excluding hydrogens is 497 g/mol. The highest BCUT2D eigenvalue weighted by molar-refractivity contribution is 5.99. The lowest BCUT2D eigenvalue weighted by Gasteiger charge is -2.23. The summed E-state index contributed by atoms with van der Waals surface area (Å²) in [6.45, 7) is 8.06. The number of ether oxygens (including phenoxy) is 1. The van der Waals surface area contributed by atoms with Crippen molar-refractivity contribution in [2.75, 3.05) is 32.1 Å². The van der Waals surface area contributed by atoms with Gasteiger partial charge >= 0.3 is 6.18 Å². The molecule has 0 unspecified atom stereocenters. The fraction of sp³-hybridized carbons (Fsp3) is 0.393. The number of alkyl halides is 3. The van der Waals surface area contributed by atoms with Gasteiger partial charge in [0.05, 0.1) is 16.9 Å². The van der Waals surface area contributed by atoms with Crippen LogP contribution in [0.3, 0.4) is 0 Å². The number of halogens is 3. The van der Waals surface area contributed by atoms with E-state index in [1.807, 2.05) is 52.0 Å². The number of hydrogen-bond acceptors (Lipinski definition) is 4. The summed E-state index contributed by atoms with van der Waals surface area (Å²) in [5, 5.41) is 7.54. The third-order valence-electron chi connectivity index (χ3n) is 5.83. The highest BCUT2D eigenvalue weighted by Crippen LogP contribution is 2.30. The molecule has 7 nitrogen and oxygen atoms in total. The lowest BCUT2D eigenvalue weighted by molar-refractivity contribution is -0.137. The highest BCUT2D eigenvalue weighted by atomic mass is 19.4. The van der Waals surface area contributed by atoms with Gasteiger partial charge in [-0.05, 0) is 49.2 Å². The summed E-state index contributed by atoms with van der Waals surface area (Å²) in [5.74, 6) is -0.754. The van der Waals surface area contributed by atoms with Crippen LogP contribution in [0.4, 0.5) is 19.0 Å². The van der Waals surface area contributed by atoms with Crippen LogP contribution in [0.1, 0.15) is 54.4 Å². The van der Waals surface area contributed by atoms with Crippen molar-refractivity contribution in [3.8, 4) is 5.69 Å². The van der Waals surface area contributed by atoms with Gasteiger partial charge in [0.15, 0.2) is 0 Å². The van der Waals surface area contributed by atoms with Crippen molar-refractivity contribution in [1.29, 1.82) is 0 Å². The SMILES string of the molecule is COCCCN(CC(=O)Nc1cc(C(C)(C)C)nn1-c1cccc(C)c1)C(=O)c1cccc(C(F)(F)F)c1. The molecule has 2 amide bonds. The van der Waals surface area contributed by atoms with Crippen molar-refractivity contribution >= 4 is 17.6 Å². The summed E-state index contributed by atoms with van der Waals surface area (Å²) in [6, 6.07) is 13.6. The van der Waals surface area contributed by atoms with Gasteiger partial charge in [-0.25, -0.2) is 4.68 Å². The Kier molecular flexibility index (Phi) is 8.98. The number of carbonyl (C=O) groups is 2. The van der Waals surface area contributed by atoms with Gasteiger partial charge in [-0.15, -0.1) is 0 Å². The molecule has 0 saturated heterocycles. The van der Waals surface area contributed by atoms with Crippen LogP contribution in [0.15, 0.2) is 54.6 Å². The van der Waals surface area contributed by atoms with Crippen LogP contribution in [-0.2, 0) is 21.1 Å². The smallest absolute Gasteiger partial charge is 0.385 e. The van der Waals surface area contributed by atoms with Gasteiger partial charge in [0.1, 0.15) is 12.4 Å². The summed E-state index contributed by atoms with van der Waals surface area (Å²) in [5.41, 5.74) is 1.16. The molecule has 0 bridgehead atoms. The summed E-state index contributed by atoms with van der Waals surface area (Å²) < 4.78 is 46.3. The van der Waals surface area contributed by atoms with E-state index in [1.165, 1.54) is 24.1 Å². The van der Waals surface area contributed by atoms with Gasteiger partial charge in [0.2, 0.25) is 5.91 Å². The lowest BCUT2D eigenvalue weighted by Crippen LogP contribution is -2.39. The number of benzene rings is 2. The number of nitrogens with one attached hydrogen (secondary N) is 1. The minimum Gasteiger partial charge on any atom is -0.385 e. The molecule has 38 heavy (non-hydrogen) atoms. The first-order chi connectivity index (χ1) is 17.8. The van der Waals surface area contributed by atoms with Crippen molar-refractivity contribution in [3.05, 3.63) is 77.0 Å². The molecule has 0 atom stereocenters. The summed E-state index contributed by atoms with van der Waals surface area (Å²) in [6.07, 6.45) is -4.18. The Bertz CT molecular complexity index is 1280. The van der Waals surface area contributed by atoms with Gasteiger partial charge < -0.3 is 15.0 Å². The second-order valence-electron chi connectivity index (χ2n) is 10.1. The predicted molar refractivity (Wildman–Crippen MR) is 139 cm³/mol. The molecule has 0 aliphatic rings. The maximum absolute atomic E-state index is 13.2. The van der Waals surface area contributed by atoms with Crippen molar-refractivity contribution in [3.63, 3.8) is 0 Å². The van der Waals surface area contributed by atoms with Crippen LogP contribution in [0.5, 0.6) is 0 Å². The summed E-state index contributed by atoms with van der Waals surface area (Å²) in [4.78, 5) is 27.6. The lowest BCUT2D eigenvalue weighted by atomic mass is 9.92. The summed E-state index contributed by atoms with van der Waals surface area (Å²) >= 11 is 0. The van der Waals surface area contributed by atoms with Gasteiger partial charge in [-0.3, -0.25) is 9.59 Å². The van der Waals surface area contributed by atoms with E-state index < -0.39 is 23.6 Å². The third kappa shape index (κ3) is 7.44. The van der Waals surface area contributed by atoms with Crippen molar-refractivity contribution in [2.45, 2.75) is 45.7 Å². The molecule has 0 aliphatic heterocycles. The normalized spacial score (nSPS) is 11.9. The molecule has 1 heterocycles. The largest absolute Gasteiger partial charge is 0.416 e. The van der Waals surface area contributed by atoms with Crippen molar-refractivity contribution in [2.24, 2.45) is 0 Å². The molecule has 3 rings (SSSR count). The average molecular weight is 531 g/mol.